The van der Waals surface area contributed by atoms with Crippen molar-refractivity contribution in [2.45, 2.75) is 33.6 Å². The van der Waals surface area contributed by atoms with Crippen molar-refractivity contribution in [2.75, 3.05) is 0 Å². The third-order valence-electron chi connectivity index (χ3n) is 6.04. The van der Waals surface area contributed by atoms with Gasteiger partial charge in [0.15, 0.2) is 0 Å². The summed E-state index contributed by atoms with van der Waals surface area (Å²) in [7, 11) is 0. The van der Waals surface area contributed by atoms with Crippen LogP contribution in [0.5, 0.6) is 0 Å². The van der Waals surface area contributed by atoms with Gasteiger partial charge in [-0.15, -0.1) is 0 Å². The predicted molar refractivity (Wildman–Crippen MR) is 119 cm³/mol. The number of carbonyl (C=O) groups is 1. The van der Waals surface area contributed by atoms with Crippen molar-refractivity contribution in [2.24, 2.45) is 5.41 Å². The van der Waals surface area contributed by atoms with Crippen molar-refractivity contribution in [1.82, 2.24) is 9.78 Å². The maximum Gasteiger partial charge on any atom is 0.136 e. The Morgan fingerprint density at radius 2 is 1.60 bits per heavy atom. The average molecular weight is 400 g/mol. The molecule has 4 aromatic rings. The summed E-state index contributed by atoms with van der Waals surface area (Å²) < 4.78 is 15.1. The lowest BCUT2D eigenvalue weighted by atomic mass is 9.69. The molecular weight excluding hydrogens is 375 g/mol. The van der Waals surface area contributed by atoms with Crippen LogP contribution in [0.2, 0.25) is 0 Å². The zero-order valence-electron chi connectivity index (χ0n) is 17.7. The molecule has 1 unspecified atom stereocenters. The molecule has 3 aromatic carbocycles. The third kappa shape index (κ3) is 3.54. The van der Waals surface area contributed by atoms with Crippen molar-refractivity contribution in [3.8, 4) is 5.69 Å². The Balaban J connectivity index is 1.83. The topological polar surface area (TPSA) is 34.9 Å². The van der Waals surface area contributed by atoms with Crippen LogP contribution < -0.4 is 0 Å². The van der Waals surface area contributed by atoms with Gasteiger partial charge in [-0.25, -0.2) is 9.07 Å². The van der Waals surface area contributed by atoms with Crippen LogP contribution >= 0.6 is 0 Å². The molecule has 0 bridgehead atoms. The molecule has 0 saturated heterocycles. The normalized spacial score (nSPS) is 12.8. The highest BCUT2D eigenvalue weighted by Crippen LogP contribution is 2.42. The van der Waals surface area contributed by atoms with E-state index in [0.717, 1.165) is 27.7 Å². The lowest BCUT2D eigenvalue weighted by Gasteiger charge is -2.33. The van der Waals surface area contributed by atoms with E-state index in [-0.39, 0.29) is 17.5 Å². The van der Waals surface area contributed by atoms with Gasteiger partial charge in [0.2, 0.25) is 0 Å². The Morgan fingerprint density at radius 3 is 2.23 bits per heavy atom. The molecule has 4 heteroatoms. The first kappa shape index (κ1) is 20.0. The standard InChI is InChI=1S/C26H25FN2O/c1-17-5-7-19(8-6-17)25(26(3,4)18(2)30)20-9-14-24-21(15-20)16-28-29(24)23-12-10-22(27)11-13-23/h5-16,25H,1-4H3. The van der Waals surface area contributed by atoms with Crippen molar-refractivity contribution < 1.29 is 9.18 Å². The van der Waals surface area contributed by atoms with E-state index < -0.39 is 5.41 Å². The molecular formula is C26H25FN2O. The minimum absolute atomic E-state index is 0.0748. The molecule has 0 saturated carbocycles. The van der Waals surface area contributed by atoms with Gasteiger partial charge in [-0.1, -0.05) is 49.7 Å². The summed E-state index contributed by atoms with van der Waals surface area (Å²) in [5, 5.41) is 5.48. The lowest BCUT2D eigenvalue weighted by Crippen LogP contribution is -2.30. The van der Waals surface area contributed by atoms with Crippen molar-refractivity contribution >= 4 is 16.7 Å². The molecule has 0 amide bonds. The molecule has 4 rings (SSSR count). The maximum absolute atomic E-state index is 13.3. The summed E-state index contributed by atoms with van der Waals surface area (Å²) in [6.45, 7) is 7.73. The lowest BCUT2D eigenvalue weighted by molar-refractivity contribution is -0.125. The van der Waals surface area contributed by atoms with E-state index in [0.29, 0.717) is 0 Å². The number of Topliss-reactive ketones (excluding diaryl/α,β-unsaturated/α-hetero) is 1. The summed E-state index contributed by atoms with van der Waals surface area (Å²) >= 11 is 0. The minimum atomic E-state index is -0.560. The summed E-state index contributed by atoms with van der Waals surface area (Å²) in [6, 6.07) is 20.9. The largest absolute Gasteiger partial charge is 0.299 e. The van der Waals surface area contributed by atoms with Gasteiger partial charge in [-0.05, 0) is 61.4 Å². The summed E-state index contributed by atoms with van der Waals surface area (Å²) in [5.41, 5.74) is 4.56. The van der Waals surface area contributed by atoms with Crippen molar-refractivity contribution in [3.05, 3.63) is 95.4 Å². The van der Waals surface area contributed by atoms with E-state index in [4.69, 9.17) is 0 Å². The fourth-order valence-corrected chi connectivity index (χ4v) is 4.01. The molecule has 0 radical (unpaired) electrons. The van der Waals surface area contributed by atoms with Gasteiger partial charge >= 0.3 is 0 Å². The number of carbonyl (C=O) groups excluding carboxylic acids is 1. The van der Waals surface area contributed by atoms with Crippen molar-refractivity contribution in [1.29, 1.82) is 0 Å². The van der Waals surface area contributed by atoms with Crippen LogP contribution in [0.25, 0.3) is 16.6 Å². The van der Waals surface area contributed by atoms with Gasteiger partial charge in [0.25, 0.3) is 0 Å². The highest BCUT2D eigenvalue weighted by atomic mass is 19.1. The number of aromatic nitrogens is 2. The monoisotopic (exact) mass is 400 g/mol. The van der Waals surface area contributed by atoms with E-state index in [2.05, 4.69) is 48.4 Å². The van der Waals surface area contributed by atoms with Crippen LogP contribution in [-0.4, -0.2) is 15.6 Å². The fraction of sp³-hybridized carbons (Fsp3) is 0.231. The molecule has 1 heterocycles. The maximum atomic E-state index is 13.3. The first-order valence-corrected chi connectivity index (χ1v) is 10.1. The zero-order valence-corrected chi connectivity index (χ0v) is 17.7. The summed E-state index contributed by atoms with van der Waals surface area (Å²) in [6.07, 6.45) is 1.81. The van der Waals surface area contributed by atoms with Crippen molar-refractivity contribution in [3.63, 3.8) is 0 Å². The molecule has 3 nitrogen and oxygen atoms in total. The average Bonchev–Trinajstić information content (AvgIpc) is 3.13. The van der Waals surface area contributed by atoms with Crippen LogP contribution in [0, 0.1) is 18.2 Å². The molecule has 0 N–H and O–H groups in total. The van der Waals surface area contributed by atoms with E-state index >= 15 is 0 Å². The van der Waals surface area contributed by atoms with Gasteiger partial charge in [0.05, 0.1) is 17.4 Å². The van der Waals surface area contributed by atoms with E-state index in [9.17, 15) is 9.18 Å². The molecule has 1 atom stereocenters. The van der Waals surface area contributed by atoms with Gasteiger partial charge in [0, 0.05) is 16.7 Å². The molecule has 0 aliphatic carbocycles. The smallest absolute Gasteiger partial charge is 0.136 e. The Bertz CT molecular complexity index is 1200. The number of benzene rings is 3. The second kappa shape index (κ2) is 7.52. The van der Waals surface area contributed by atoms with Gasteiger partial charge < -0.3 is 0 Å². The van der Waals surface area contributed by atoms with E-state index in [1.54, 1.807) is 23.7 Å². The highest BCUT2D eigenvalue weighted by Gasteiger charge is 2.36. The number of hydrogen-bond acceptors (Lipinski definition) is 2. The number of halogens is 1. The van der Waals surface area contributed by atoms with E-state index in [1.807, 2.05) is 26.1 Å². The second-order valence-corrected chi connectivity index (χ2v) is 8.47. The Morgan fingerprint density at radius 1 is 0.967 bits per heavy atom. The quantitative estimate of drug-likeness (QED) is 0.399. The number of ketones is 1. The first-order chi connectivity index (χ1) is 14.3. The van der Waals surface area contributed by atoms with Crippen LogP contribution in [-0.2, 0) is 4.79 Å². The second-order valence-electron chi connectivity index (χ2n) is 8.47. The van der Waals surface area contributed by atoms with Crippen LogP contribution in [0.4, 0.5) is 4.39 Å². The van der Waals surface area contributed by atoms with Crippen LogP contribution in [0.1, 0.15) is 43.4 Å². The highest BCUT2D eigenvalue weighted by molar-refractivity contribution is 5.85. The Kier molecular flexibility index (Phi) is 5.02. The van der Waals surface area contributed by atoms with Crippen LogP contribution in [0.3, 0.4) is 0 Å². The third-order valence-corrected chi connectivity index (χ3v) is 6.04. The summed E-state index contributed by atoms with van der Waals surface area (Å²) in [4.78, 5) is 12.6. The molecule has 30 heavy (non-hydrogen) atoms. The predicted octanol–water partition coefficient (Wildman–Crippen LogP) is 6.22. The summed E-state index contributed by atoms with van der Waals surface area (Å²) in [5.74, 6) is -0.200. The number of nitrogens with zero attached hydrogens (tertiary/aromatic N) is 2. The molecule has 0 aliphatic rings. The molecule has 0 spiro atoms. The Labute approximate surface area is 176 Å². The van der Waals surface area contributed by atoms with Gasteiger partial charge in [-0.2, -0.15) is 5.10 Å². The first-order valence-electron chi connectivity index (χ1n) is 10.1. The van der Waals surface area contributed by atoms with Gasteiger partial charge in [-0.3, -0.25) is 4.79 Å². The molecule has 152 valence electrons. The van der Waals surface area contributed by atoms with Gasteiger partial charge in [0.1, 0.15) is 11.6 Å². The number of rotatable bonds is 5. The Hall–Kier alpha value is -3.27. The number of hydrogen-bond donors (Lipinski definition) is 0. The minimum Gasteiger partial charge on any atom is -0.299 e. The zero-order chi connectivity index (χ0) is 21.5. The van der Waals surface area contributed by atoms with Crippen LogP contribution in [0.15, 0.2) is 72.9 Å². The number of fused-ring (bicyclic) bond motifs is 1. The number of aryl methyl sites for hydroxylation is 1. The molecule has 0 fully saturated rings. The van der Waals surface area contributed by atoms with E-state index in [1.165, 1.54) is 17.7 Å². The SMILES string of the molecule is CC(=O)C(C)(C)C(c1ccc(C)cc1)c1ccc2c(cnn2-c2ccc(F)cc2)c1. The molecule has 0 aliphatic heterocycles. The molecule has 1 aromatic heterocycles. The fourth-order valence-electron chi connectivity index (χ4n) is 4.01.